The maximum Gasteiger partial charge on any atom is 0.306 e. The minimum atomic E-state index is -0.795. The van der Waals surface area contributed by atoms with Crippen molar-refractivity contribution in [2.45, 2.75) is 258 Å². The van der Waals surface area contributed by atoms with Crippen LogP contribution in [-0.4, -0.2) is 37.2 Å². The highest BCUT2D eigenvalue weighted by Gasteiger charge is 2.19. The van der Waals surface area contributed by atoms with Crippen molar-refractivity contribution in [2.75, 3.05) is 13.2 Å². The van der Waals surface area contributed by atoms with E-state index in [4.69, 9.17) is 14.2 Å². The van der Waals surface area contributed by atoms with Crippen LogP contribution in [0.5, 0.6) is 0 Å². The second-order valence-electron chi connectivity index (χ2n) is 17.7. The molecule has 372 valence electrons. The third kappa shape index (κ3) is 51.4. The van der Waals surface area contributed by atoms with Gasteiger partial charge in [0.2, 0.25) is 0 Å². The van der Waals surface area contributed by atoms with E-state index in [1.165, 1.54) is 103 Å². The number of carbonyl (C=O) groups is 3. The SMILES string of the molecule is CC/C=C\C/C=C\C/C=C\C/C=C\C/C=C\CCCCCC(=O)OC[C@H](COC(=O)CCCCCCC/C=C\CCCC)OC(=O)CCCCCCCCC/C=C\CCCCCCCC. The van der Waals surface area contributed by atoms with Crippen LogP contribution in [0.4, 0.5) is 0 Å². The Morgan fingerprint density at radius 1 is 0.323 bits per heavy atom. The van der Waals surface area contributed by atoms with Gasteiger partial charge in [-0.05, 0) is 109 Å². The average molecular weight is 905 g/mol. The highest BCUT2D eigenvalue weighted by molar-refractivity contribution is 5.71. The van der Waals surface area contributed by atoms with Crippen molar-refractivity contribution in [3.05, 3.63) is 85.1 Å². The molecule has 1 atom stereocenters. The molecule has 0 aromatic carbocycles. The normalized spacial score (nSPS) is 12.7. The molecule has 0 aliphatic heterocycles. The fourth-order valence-electron chi connectivity index (χ4n) is 7.27. The molecule has 0 spiro atoms. The number of ether oxygens (including phenoxy) is 3. The van der Waals surface area contributed by atoms with Crippen LogP contribution in [0.3, 0.4) is 0 Å². The molecule has 0 bridgehead atoms. The van der Waals surface area contributed by atoms with E-state index in [0.29, 0.717) is 19.3 Å². The molecule has 0 aromatic rings. The summed E-state index contributed by atoms with van der Waals surface area (Å²) in [5, 5.41) is 0. The van der Waals surface area contributed by atoms with Crippen molar-refractivity contribution in [1.29, 1.82) is 0 Å². The van der Waals surface area contributed by atoms with Crippen molar-refractivity contribution >= 4 is 17.9 Å². The van der Waals surface area contributed by atoms with Crippen LogP contribution < -0.4 is 0 Å². The molecule has 0 aliphatic rings. The molecule has 0 heterocycles. The lowest BCUT2D eigenvalue weighted by Crippen LogP contribution is -2.30. The largest absolute Gasteiger partial charge is 0.462 e. The topological polar surface area (TPSA) is 78.9 Å². The summed E-state index contributed by atoms with van der Waals surface area (Å²) in [6.45, 7) is 6.44. The first-order valence-electron chi connectivity index (χ1n) is 27.1. The molecule has 0 amide bonds. The number of rotatable bonds is 48. The summed E-state index contributed by atoms with van der Waals surface area (Å²) >= 11 is 0. The number of unbranched alkanes of at least 4 members (excludes halogenated alkanes) is 23. The molecule has 6 nitrogen and oxygen atoms in total. The van der Waals surface area contributed by atoms with Gasteiger partial charge in [-0.1, -0.05) is 209 Å². The van der Waals surface area contributed by atoms with Gasteiger partial charge in [-0.3, -0.25) is 14.4 Å². The Balaban J connectivity index is 4.43. The molecule has 0 N–H and O–H groups in total. The molecule has 0 fully saturated rings. The molecule has 0 saturated heterocycles. The predicted octanol–water partition coefficient (Wildman–Crippen LogP) is 18.0. The van der Waals surface area contributed by atoms with E-state index >= 15 is 0 Å². The van der Waals surface area contributed by atoms with Crippen LogP contribution in [0.1, 0.15) is 252 Å². The number of esters is 3. The highest BCUT2D eigenvalue weighted by atomic mass is 16.6. The van der Waals surface area contributed by atoms with E-state index in [9.17, 15) is 14.4 Å². The van der Waals surface area contributed by atoms with Gasteiger partial charge in [0.05, 0.1) is 0 Å². The first-order valence-corrected chi connectivity index (χ1v) is 27.1. The third-order valence-electron chi connectivity index (χ3n) is 11.4. The Morgan fingerprint density at radius 2 is 0.615 bits per heavy atom. The fourth-order valence-corrected chi connectivity index (χ4v) is 7.27. The number of hydrogen-bond acceptors (Lipinski definition) is 6. The minimum Gasteiger partial charge on any atom is -0.462 e. The van der Waals surface area contributed by atoms with Crippen molar-refractivity contribution in [1.82, 2.24) is 0 Å². The van der Waals surface area contributed by atoms with E-state index in [-0.39, 0.29) is 31.1 Å². The standard InChI is InChI=1S/C59H100O6/c1-4-7-10-13-16-19-22-24-26-28-29-31-32-34-37-40-43-46-49-52-58(61)64-55-56(54-63-57(60)51-48-45-42-39-36-21-18-15-12-9-6-3)65-59(62)53-50-47-44-41-38-35-33-30-27-25-23-20-17-14-11-8-5-2/h7,10,15-16,18-19,24-27,29,31,34,37,56H,4-6,8-9,11-14,17,20-23,28,30,32-33,35-36,38-55H2,1-3H3/b10-7-,18-15-,19-16-,26-24-,27-25-,31-29-,37-34-/t56-/m0/s1. The van der Waals surface area contributed by atoms with Gasteiger partial charge in [-0.25, -0.2) is 0 Å². The Bertz CT molecular complexity index is 1270. The van der Waals surface area contributed by atoms with Gasteiger partial charge in [0.1, 0.15) is 13.2 Å². The molecule has 0 saturated carbocycles. The van der Waals surface area contributed by atoms with Gasteiger partial charge in [0, 0.05) is 19.3 Å². The van der Waals surface area contributed by atoms with Gasteiger partial charge in [-0.15, -0.1) is 0 Å². The summed E-state index contributed by atoms with van der Waals surface area (Å²) in [7, 11) is 0. The van der Waals surface area contributed by atoms with E-state index in [1.807, 2.05) is 0 Å². The number of hydrogen-bond donors (Lipinski definition) is 0. The van der Waals surface area contributed by atoms with Gasteiger partial charge in [0.15, 0.2) is 6.10 Å². The van der Waals surface area contributed by atoms with Crippen LogP contribution in [0.2, 0.25) is 0 Å². The van der Waals surface area contributed by atoms with Gasteiger partial charge < -0.3 is 14.2 Å². The highest BCUT2D eigenvalue weighted by Crippen LogP contribution is 2.14. The van der Waals surface area contributed by atoms with Crippen molar-refractivity contribution in [3.63, 3.8) is 0 Å². The van der Waals surface area contributed by atoms with E-state index in [2.05, 4.69) is 106 Å². The van der Waals surface area contributed by atoms with Crippen molar-refractivity contribution < 1.29 is 28.6 Å². The molecular weight excluding hydrogens is 805 g/mol. The van der Waals surface area contributed by atoms with Crippen LogP contribution in [0.15, 0.2) is 85.1 Å². The zero-order chi connectivity index (χ0) is 47.2. The summed E-state index contributed by atoms with van der Waals surface area (Å²) in [4.78, 5) is 38.0. The zero-order valence-corrected chi connectivity index (χ0v) is 42.5. The van der Waals surface area contributed by atoms with Crippen LogP contribution in [-0.2, 0) is 28.6 Å². The first-order chi connectivity index (χ1) is 32.0. The number of allylic oxidation sites excluding steroid dienone is 14. The van der Waals surface area contributed by atoms with Crippen molar-refractivity contribution in [2.24, 2.45) is 0 Å². The Morgan fingerprint density at radius 3 is 1.02 bits per heavy atom. The summed E-state index contributed by atoms with van der Waals surface area (Å²) < 4.78 is 16.8. The summed E-state index contributed by atoms with van der Waals surface area (Å²) in [6.07, 6.45) is 68.5. The lowest BCUT2D eigenvalue weighted by atomic mass is 10.1. The van der Waals surface area contributed by atoms with E-state index in [1.54, 1.807) is 0 Å². The third-order valence-corrected chi connectivity index (χ3v) is 11.4. The molecule has 0 aromatic heterocycles. The first kappa shape index (κ1) is 61.6. The Labute approximate surface area is 401 Å². The summed E-state index contributed by atoms with van der Waals surface area (Å²) in [5.74, 6) is -0.939. The smallest absolute Gasteiger partial charge is 0.306 e. The molecule has 0 rings (SSSR count). The van der Waals surface area contributed by atoms with Gasteiger partial charge >= 0.3 is 17.9 Å². The molecule has 6 heteroatoms. The molecule has 0 radical (unpaired) electrons. The predicted molar refractivity (Wildman–Crippen MR) is 279 cm³/mol. The minimum absolute atomic E-state index is 0.0935. The van der Waals surface area contributed by atoms with E-state index < -0.39 is 6.10 Å². The Hall–Kier alpha value is -3.41. The van der Waals surface area contributed by atoms with Crippen LogP contribution in [0, 0.1) is 0 Å². The lowest BCUT2D eigenvalue weighted by molar-refractivity contribution is -0.167. The fraction of sp³-hybridized carbons (Fsp3) is 0.712. The summed E-state index contributed by atoms with van der Waals surface area (Å²) in [5.41, 5.74) is 0. The molecular formula is C59H100O6. The second kappa shape index (κ2) is 53.2. The molecule has 65 heavy (non-hydrogen) atoms. The van der Waals surface area contributed by atoms with Crippen molar-refractivity contribution in [3.8, 4) is 0 Å². The monoisotopic (exact) mass is 905 g/mol. The maximum absolute atomic E-state index is 12.8. The quantitative estimate of drug-likeness (QED) is 0.0262. The number of carbonyl (C=O) groups excluding carboxylic acids is 3. The van der Waals surface area contributed by atoms with Gasteiger partial charge in [0.25, 0.3) is 0 Å². The molecule has 0 aliphatic carbocycles. The maximum atomic E-state index is 12.8. The zero-order valence-electron chi connectivity index (χ0n) is 42.5. The van der Waals surface area contributed by atoms with Crippen LogP contribution >= 0.6 is 0 Å². The Kier molecular flexibility index (Phi) is 50.4. The average Bonchev–Trinajstić information content (AvgIpc) is 3.30. The second-order valence-corrected chi connectivity index (χ2v) is 17.7. The molecule has 0 unspecified atom stereocenters. The summed E-state index contributed by atoms with van der Waals surface area (Å²) in [6, 6.07) is 0. The van der Waals surface area contributed by atoms with E-state index in [0.717, 1.165) is 109 Å². The van der Waals surface area contributed by atoms with Crippen LogP contribution in [0.25, 0.3) is 0 Å². The van der Waals surface area contributed by atoms with Gasteiger partial charge in [-0.2, -0.15) is 0 Å². The lowest BCUT2D eigenvalue weighted by Gasteiger charge is -2.18.